The molecular formula is C18H27N3O3. The average molecular weight is 333 g/mol. The summed E-state index contributed by atoms with van der Waals surface area (Å²) >= 11 is 0. The van der Waals surface area contributed by atoms with Crippen LogP contribution in [0.4, 0.5) is 5.69 Å². The third-order valence-corrected chi connectivity index (χ3v) is 4.83. The number of carbonyl (C=O) groups excluding carboxylic acids is 1. The van der Waals surface area contributed by atoms with Crippen LogP contribution in [-0.2, 0) is 4.74 Å². The van der Waals surface area contributed by atoms with E-state index in [1.54, 1.807) is 18.2 Å². The molecule has 132 valence electrons. The fourth-order valence-corrected chi connectivity index (χ4v) is 3.14. The van der Waals surface area contributed by atoms with Gasteiger partial charge in [0.2, 0.25) is 0 Å². The molecule has 0 aliphatic carbocycles. The van der Waals surface area contributed by atoms with Crippen LogP contribution in [0.1, 0.15) is 29.6 Å². The topological polar surface area (TPSA) is 76.8 Å². The van der Waals surface area contributed by atoms with Crippen LogP contribution in [0.3, 0.4) is 0 Å². The highest BCUT2D eigenvalue weighted by Gasteiger charge is 2.20. The normalized spacial score (nSPS) is 22.5. The molecule has 1 amide bonds. The molecule has 3 rings (SSSR count). The number of nitrogens with two attached hydrogens (primary N) is 1. The van der Waals surface area contributed by atoms with E-state index >= 15 is 0 Å². The summed E-state index contributed by atoms with van der Waals surface area (Å²) < 4.78 is 11.2. The maximum atomic E-state index is 12.5. The van der Waals surface area contributed by atoms with Gasteiger partial charge in [0.15, 0.2) is 0 Å². The van der Waals surface area contributed by atoms with Crippen molar-refractivity contribution < 1.29 is 14.3 Å². The van der Waals surface area contributed by atoms with Gasteiger partial charge in [-0.1, -0.05) is 0 Å². The first-order valence-corrected chi connectivity index (χ1v) is 8.71. The molecule has 6 nitrogen and oxygen atoms in total. The van der Waals surface area contributed by atoms with Crippen molar-refractivity contribution in [2.45, 2.75) is 25.3 Å². The number of hydrogen-bond acceptors (Lipinski definition) is 5. The summed E-state index contributed by atoms with van der Waals surface area (Å²) in [5, 5.41) is 3.12. The van der Waals surface area contributed by atoms with E-state index in [2.05, 4.69) is 17.3 Å². The van der Waals surface area contributed by atoms with Crippen LogP contribution in [0.25, 0.3) is 0 Å². The van der Waals surface area contributed by atoms with E-state index in [9.17, 15) is 4.79 Å². The summed E-state index contributed by atoms with van der Waals surface area (Å²) in [7, 11) is 2.11. The molecule has 2 aliphatic heterocycles. The van der Waals surface area contributed by atoms with Crippen molar-refractivity contribution in [3.63, 3.8) is 0 Å². The number of benzene rings is 1. The van der Waals surface area contributed by atoms with E-state index < -0.39 is 0 Å². The minimum Gasteiger partial charge on any atom is -0.491 e. The first-order chi connectivity index (χ1) is 11.6. The van der Waals surface area contributed by atoms with Gasteiger partial charge in [-0.15, -0.1) is 0 Å². The van der Waals surface area contributed by atoms with Crippen LogP contribution < -0.4 is 15.8 Å². The molecule has 0 aromatic heterocycles. The highest BCUT2D eigenvalue weighted by molar-refractivity contribution is 5.95. The zero-order valence-electron chi connectivity index (χ0n) is 14.3. The number of nitrogen functional groups attached to an aromatic ring is 1. The SMILES string of the molecule is CN1CCC(NC(=O)c2ccc(N)c(OCC3CCOC3)c2)CC1. The Hall–Kier alpha value is -1.79. The second kappa shape index (κ2) is 7.85. The average Bonchev–Trinajstić information content (AvgIpc) is 3.09. The lowest BCUT2D eigenvalue weighted by Crippen LogP contribution is -2.43. The highest BCUT2D eigenvalue weighted by atomic mass is 16.5. The molecule has 0 spiro atoms. The van der Waals surface area contributed by atoms with E-state index in [-0.39, 0.29) is 11.9 Å². The highest BCUT2D eigenvalue weighted by Crippen LogP contribution is 2.25. The first-order valence-electron chi connectivity index (χ1n) is 8.71. The number of nitrogens with zero attached hydrogens (tertiary/aromatic N) is 1. The number of rotatable bonds is 5. The molecule has 3 N–H and O–H groups in total. The molecule has 1 unspecified atom stereocenters. The monoisotopic (exact) mass is 333 g/mol. The summed E-state index contributed by atoms with van der Waals surface area (Å²) in [6.07, 6.45) is 2.99. The number of hydrogen-bond donors (Lipinski definition) is 2. The summed E-state index contributed by atoms with van der Waals surface area (Å²) in [5.74, 6) is 0.928. The number of nitrogens with one attached hydrogen (secondary N) is 1. The number of anilines is 1. The van der Waals surface area contributed by atoms with Crippen molar-refractivity contribution in [2.75, 3.05) is 45.7 Å². The van der Waals surface area contributed by atoms with Gasteiger partial charge >= 0.3 is 0 Å². The third kappa shape index (κ3) is 4.39. The van der Waals surface area contributed by atoms with Gasteiger partial charge in [-0.3, -0.25) is 4.79 Å². The number of amides is 1. The number of piperidine rings is 1. The molecule has 2 aliphatic rings. The van der Waals surface area contributed by atoms with Crippen molar-refractivity contribution in [1.82, 2.24) is 10.2 Å². The quantitative estimate of drug-likeness (QED) is 0.799. The predicted octanol–water partition coefficient (Wildman–Crippen LogP) is 1.51. The molecule has 0 saturated carbocycles. The molecule has 1 atom stereocenters. The summed E-state index contributed by atoms with van der Waals surface area (Å²) in [6.45, 7) is 4.14. The lowest BCUT2D eigenvalue weighted by atomic mass is 10.0. The van der Waals surface area contributed by atoms with Crippen molar-refractivity contribution in [1.29, 1.82) is 0 Å². The predicted molar refractivity (Wildman–Crippen MR) is 93.3 cm³/mol. The maximum Gasteiger partial charge on any atom is 0.251 e. The van der Waals surface area contributed by atoms with E-state index in [0.717, 1.165) is 45.6 Å². The Kier molecular flexibility index (Phi) is 5.58. The second-order valence-corrected chi connectivity index (χ2v) is 6.84. The second-order valence-electron chi connectivity index (χ2n) is 6.84. The number of likely N-dealkylation sites (tertiary alicyclic amines) is 1. The van der Waals surface area contributed by atoms with E-state index in [1.165, 1.54) is 0 Å². The zero-order chi connectivity index (χ0) is 16.9. The largest absolute Gasteiger partial charge is 0.491 e. The van der Waals surface area contributed by atoms with Crippen molar-refractivity contribution in [2.24, 2.45) is 5.92 Å². The minimum absolute atomic E-state index is 0.0568. The smallest absolute Gasteiger partial charge is 0.251 e. The Morgan fingerprint density at radius 1 is 1.38 bits per heavy atom. The van der Waals surface area contributed by atoms with Gasteiger partial charge < -0.3 is 25.4 Å². The molecule has 1 aromatic carbocycles. The molecule has 0 bridgehead atoms. The standard InChI is InChI=1S/C18H27N3O3/c1-21-7-4-15(5-8-21)20-18(22)14-2-3-16(19)17(10-14)24-12-13-6-9-23-11-13/h2-3,10,13,15H,4-9,11-12,19H2,1H3,(H,20,22). The Balaban J connectivity index is 1.58. The van der Waals surface area contributed by atoms with Crippen LogP contribution >= 0.6 is 0 Å². The first kappa shape index (κ1) is 17.0. The summed E-state index contributed by atoms with van der Waals surface area (Å²) in [6, 6.07) is 5.48. The molecule has 2 saturated heterocycles. The van der Waals surface area contributed by atoms with Gasteiger partial charge in [-0.25, -0.2) is 0 Å². The molecule has 0 radical (unpaired) electrons. The molecule has 2 fully saturated rings. The van der Waals surface area contributed by atoms with Crippen LogP contribution in [0.5, 0.6) is 5.75 Å². The van der Waals surface area contributed by atoms with Crippen molar-refractivity contribution in [3.05, 3.63) is 23.8 Å². The number of ether oxygens (including phenoxy) is 2. The zero-order valence-corrected chi connectivity index (χ0v) is 14.3. The lowest BCUT2D eigenvalue weighted by Gasteiger charge is -2.29. The molecule has 6 heteroatoms. The van der Waals surface area contributed by atoms with Gasteiger partial charge in [0, 0.05) is 24.1 Å². The van der Waals surface area contributed by atoms with Gasteiger partial charge in [-0.2, -0.15) is 0 Å². The van der Waals surface area contributed by atoms with Crippen LogP contribution in [-0.4, -0.2) is 56.8 Å². The van der Waals surface area contributed by atoms with Gasteiger partial charge in [0.05, 0.1) is 18.9 Å². The Morgan fingerprint density at radius 2 is 2.17 bits per heavy atom. The van der Waals surface area contributed by atoms with E-state index in [1.807, 2.05) is 0 Å². The van der Waals surface area contributed by atoms with Gasteiger partial charge in [0.1, 0.15) is 5.75 Å². The molecule has 1 aromatic rings. The minimum atomic E-state index is -0.0568. The van der Waals surface area contributed by atoms with Crippen LogP contribution in [0, 0.1) is 5.92 Å². The molecule has 24 heavy (non-hydrogen) atoms. The summed E-state index contributed by atoms with van der Waals surface area (Å²) in [5.41, 5.74) is 7.14. The fraction of sp³-hybridized carbons (Fsp3) is 0.611. The van der Waals surface area contributed by atoms with E-state index in [0.29, 0.717) is 29.5 Å². The Bertz CT molecular complexity index is 565. The van der Waals surface area contributed by atoms with Crippen LogP contribution in [0.2, 0.25) is 0 Å². The fourth-order valence-electron chi connectivity index (χ4n) is 3.14. The van der Waals surface area contributed by atoms with Crippen LogP contribution in [0.15, 0.2) is 18.2 Å². The Morgan fingerprint density at radius 3 is 2.88 bits per heavy atom. The van der Waals surface area contributed by atoms with Gasteiger partial charge in [-0.05, 0) is 57.6 Å². The van der Waals surface area contributed by atoms with Crippen molar-refractivity contribution in [3.8, 4) is 5.75 Å². The molecular weight excluding hydrogens is 306 g/mol. The number of carbonyl (C=O) groups is 1. The Labute approximate surface area is 143 Å². The summed E-state index contributed by atoms with van der Waals surface area (Å²) in [4.78, 5) is 14.8. The third-order valence-electron chi connectivity index (χ3n) is 4.83. The molecule has 2 heterocycles. The van der Waals surface area contributed by atoms with Crippen molar-refractivity contribution >= 4 is 11.6 Å². The van der Waals surface area contributed by atoms with Gasteiger partial charge in [0.25, 0.3) is 5.91 Å². The maximum absolute atomic E-state index is 12.5. The lowest BCUT2D eigenvalue weighted by molar-refractivity contribution is 0.0916. The van der Waals surface area contributed by atoms with E-state index in [4.69, 9.17) is 15.2 Å².